The molecule has 1 N–H and O–H groups in total. The molecule has 1 saturated heterocycles. The first-order valence-corrected chi connectivity index (χ1v) is 7.81. The average molecular weight is 332 g/mol. The van der Waals surface area contributed by atoms with Crippen molar-refractivity contribution in [1.82, 2.24) is 19.8 Å². The van der Waals surface area contributed by atoms with Crippen LogP contribution in [0.3, 0.4) is 0 Å². The Balaban J connectivity index is 2.01. The number of hydrogen-bond acceptors (Lipinski definition) is 5. The summed E-state index contributed by atoms with van der Waals surface area (Å²) in [6.45, 7) is 3.88. The lowest BCUT2D eigenvalue weighted by Crippen LogP contribution is -2.44. The van der Waals surface area contributed by atoms with Gasteiger partial charge in [-0.3, -0.25) is 14.3 Å². The fraction of sp³-hybridized carbons (Fsp3) is 0.500. The topological polar surface area (TPSA) is 101 Å². The number of piperidine rings is 1. The van der Waals surface area contributed by atoms with Crippen LogP contribution in [0.1, 0.15) is 41.5 Å². The Hall–Kier alpha value is -2.64. The summed E-state index contributed by atoms with van der Waals surface area (Å²) in [5.41, 5.74) is 2.26. The predicted molar refractivity (Wildman–Crippen MR) is 82.8 cm³/mol. The highest BCUT2D eigenvalue weighted by molar-refractivity contribution is 5.81. The molecule has 3 heterocycles. The fourth-order valence-electron chi connectivity index (χ4n) is 3.30. The molecular formula is C16H20N4O4. The summed E-state index contributed by atoms with van der Waals surface area (Å²) in [5, 5.41) is 17.7. The number of nitrogens with zero attached hydrogens (tertiary/aromatic N) is 4. The average Bonchev–Trinajstić information content (AvgIpc) is 3.08. The molecule has 3 rings (SSSR count). The number of likely N-dealkylation sites (tertiary alicyclic amines) is 1. The van der Waals surface area contributed by atoms with E-state index in [1.807, 2.05) is 6.92 Å². The van der Waals surface area contributed by atoms with Gasteiger partial charge in [0, 0.05) is 30.8 Å². The maximum atomic E-state index is 12.6. The zero-order valence-electron chi connectivity index (χ0n) is 13.9. The quantitative estimate of drug-likeness (QED) is 0.912. The third-order valence-electron chi connectivity index (χ3n) is 4.60. The molecule has 1 aliphatic rings. The number of aliphatic carboxylic acids is 1. The summed E-state index contributed by atoms with van der Waals surface area (Å²) in [4.78, 5) is 25.9. The Bertz CT molecular complexity index is 759. The molecule has 24 heavy (non-hydrogen) atoms. The minimum Gasteiger partial charge on any atom is -0.481 e. The summed E-state index contributed by atoms with van der Waals surface area (Å²) in [7, 11) is 1.77. The van der Waals surface area contributed by atoms with E-state index in [0.29, 0.717) is 17.9 Å². The van der Waals surface area contributed by atoms with Gasteiger partial charge in [-0.15, -0.1) is 0 Å². The summed E-state index contributed by atoms with van der Waals surface area (Å²) < 4.78 is 6.78. The van der Waals surface area contributed by atoms with E-state index in [2.05, 4.69) is 10.3 Å². The molecule has 2 atom stereocenters. The third kappa shape index (κ3) is 2.79. The van der Waals surface area contributed by atoms with Crippen LogP contribution in [-0.4, -0.2) is 36.8 Å². The van der Waals surface area contributed by atoms with Crippen molar-refractivity contribution in [3.63, 3.8) is 0 Å². The van der Waals surface area contributed by atoms with Crippen molar-refractivity contribution in [3.8, 4) is 0 Å². The highest BCUT2D eigenvalue weighted by Gasteiger charge is 2.41. The van der Waals surface area contributed by atoms with Crippen LogP contribution < -0.4 is 0 Å². The van der Waals surface area contributed by atoms with Gasteiger partial charge < -0.3 is 14.5 Å². The molecule has 1 aliphatic heterocycles. The second-order valence-corrected chi connectivity index (χ2v) is 6.20. The molecule has 0 radical (unpaired) electrons. The van der Waals surface area contributed by atoms with Gasteiger partial charge in [-0.2, -0.15) is 5.10 Å². The van der Waals surface area contributed by atoms with Crippen molar-refractivity contribution in [2.24, 2.45) is 13.0 Å². The molecule has 0 spiro atoms. The summed E-state index contributed by atoms with van der Waals surface area (Å²) in [6, 6.07) is -0.550. The van der Waals surface area contributed by atoms with Crippen LogP contribution in [0.15, 0.2) is 16.9 Å². The highest BCUT2D eigenvalue weighted by atomic mass is 16.5. The van der Waals surface area contributed by atoms with Gasteiger partial charge in [0.25, 0.3) is 0 Å². The molecule has 2 aromatic heterocycles. The van der Waals surface area contributed by atoms with Crippen molar-refractivity contribution in [2.75, 3.05) is 0 Å². The number of rotatable bonds is 4. The monoisotopic (exact) mass is 332 g/mol. The number of aryl methyl sites for hydroxylation is 3. The Labute approximate surface area is 139 Å². The Morgan fingerprint density at radius 3 is 2.75 bits per heavy atom. The van der Waals surface area contributed by atoms with Crippen LogP contribution in [0, 0.1) is 19.8 Å². The van der Waals surface area contributed by atoms with Crippen LogP contribution >= 0.6 is 0 Å². The number of carboxylic acid groups (broad SMARTS) is 1. The van der Waals surface area contributed by atoms with Gasteiger partial charge in [-0.25, -0.2) is 0 Å². The third-order valence-corrected chi connectivity index (χ3v) is 4.60. The van der Waals surface area contributed by atoms with Gasteiger partial charge in [-0.05, 0) is 20.3 Å². The van der Waals surface area contributed by atoms with Crippen molar-refractivity contribution in [2.45, 2.75) is 39.3 Å². The number of carboxylic acids is 1. The molecule has 0 aromatic carbocycles. The molecule has 1 fully saturated rings. The number of amides is 1. The molecule has 8 heteroatoms. The van der Waals surface area contributed by atoms with Gasteiger partial charge in [0.1, 0.15) is 5.76 Å². The standard InChI is InChI=1S/C16H20N4O4/c1-9-13(10(2)24-18-9)8-20-14(21)5-4-12(16(22)23)15(20)11-6-17-19(3)7-11/h6-7,12,15H,4-5,8H2,1-3H3,(H,22,23)/t12-,15-/m1/s1. The number of carbonyl (C=O) groups is 2. The van der Waals surface area contributed by atoms with E-state index in [1.54, 1.807) is 35.9 Å². The summed E-state index contributed by atoms with van der Waals surface area (Å²) >= 11 is 0. The van der Waals surface area contributed by atoms with Gasteiger partial charge in [-0.1, -0.05) is 5.16 Å². The predicted octanol–water partition coefficient (Wildman–Crippen LogP) is 1.59. The highest BCUT2D eigenvalue weighted by Crippen LogP contribution is 2.38. The number of carbonyl (C=O) groups excluding carboxylic acids is 1. The van der Waals surface area contributed by atoms with E-state index >= 15 is 0 Å². The molecule has 0 unspecified atom stereocenters. The fourth-order valence-corrected chi connectivity index (χ4v) is 3.30. The Kier molecular flexibility index (Phi) is 4.13. The lowest BCUT2D eigenvalue weighted by molar-refractivity contribution is -0.152. The SMILES string of the molecule is Cc1noc(C)c1CN1C(=O)CC[C@@H](C(=O)O)[C@H]1c1cnn(C)c1. The van der Waals surface area contributed by atoms with Crippen LogP contribution in [0.2, 0.25) is 0 Å². The maximum Gasteiger partial charge on any atom is 0.308 e. The van der Waals surface area contributed by atoms with E-state index in [-0.39, 0.29) is 18.9 Å². The Morgan fingerprint density at radius 1 is 1.46 bits per heavy atom. The van der Waals surface area contributed by atoms with E-state index in [0.717, 1.165) is 11.1 Å². The molecule has 128 valence electrons. The molecule has 8 nitrogen and oxygen atoms in total. The van der Waals surface area contributed by atoms with Gasteiger partial charge >= 0.3 is 5.97 Å². The first-order valence-electron chi connectivity index (χ1n) is 7.81. The second kappa shape index (κ2) is 6.10. The van der Waals surface area contributed by atoms with Crippen LogP contribution in [0.25, 0.3) is 0 Å². The molecule has 0 bridgehead atoms. The first kappa shape index (κ1) is 16.2. The zero-order valence-corrected chi connectivity index (χ0v) is 13.9. The van der Waals surface area contributed by atoms with Crippen molar-refractivity contribution in [1.29, 1.82) is 0 Å². The second-order valence-electron chi connectivity index (χ2n) is 6.20. The zero-order chi connectivity index (χ0) is 17.4. The lowest BCUT2D eigenvalue weighted by Gasteiger charge is -2.39. The Morgan fingerprint density at radius 2 is 2.21 bits per heavy atom. The summed E-state index contributed by atoms with van der Waals surface area (Å²) in [6.07, 6.45) is 3.93. The van der Waals surface area contributed by atoms with Gasteiger partial charge in [0.2, 0.25) is 5.91 Å². The van der Waals surface area contributed by atoms with Crippen molar-refractivity contribution < 1.29 is 19.2 Å². The number of aromatic nitrogens is 3. The summed E-state index contributed by atoms with van der Waals surface area (Å²) in [5.74, 6) is -0.989. The normalized spacial score (nSPS) is 21.3. The molecule has 2 aromatic rings. The smallest absolute Gasteiger partial charge is 0.308 e. The molecule has 1 amide bonds. The van der Waals surface area contributed by atoms with Gasteiger partial charge in [0.05, 0.1) is 30.4 Å². The van der Waals surface area contributed by atoms with E-state index in [1.165, 1.54) is 0 Å². The minimum absolute atomic E-state index is 0.0682. The van der Waals surface area contributed by atoms with Crippen LogP contribution in [0.5, 0.6) is 0 Å². The lowest BCUT2D eigenvalue weighted by atomic mass is 9.85. The largest absolute Gasteiger partial charge is 0.481 e. The molecular weight excluding hydrogens is 312 g/mol. The number of hydrogen-bond donors (Lipinski definition) is 1. The maximum absolute atomic E-state index is 12.6. The first-order chi connectivity index (χ1) is 11.4. The van der Waals surface area contributed by atoms with Crippen molar-refractivity contribution >= 4 is 11.9 Å². The van der Waals surface area contributed by atoms with Crippen molar-refractivity contribution in [3.05, 3.63) is 35.0 Å². The van der Waals surface area contributed by atoms with E-state index in [9.17, 15) is 14.7 Å². The van der Waals surface area contributed by atoms with E-state index < -0.39 is 17.9 Å². The molecule has 0 aliphatic carbocycles. The van der Waals surface area contributed by atoms with Gasteiger partial charge in [0.15, 0.2) is 0 Å². The van der Waals surface area contributed by atoms with E-state index in [4.69, 9.17) is 4.52 Å². The van der Waals surface area contributed by atoms with Crippen LogP contribution in [-0.2, 0) is 23.2 Å². The van der Waals surface area contributed by atoms with Crippen LogP contribution in [0.4, 0.5) is 0 Å². The molecule has 0 saturated carbocycles. The minimum atomic E-state index is -0.903.